The van der Waals surface area contributed by atoms with E-state index in [9.17, 15) is 4.79 Å². The number of nitrogens with zero attached hydrogens (tertiary/aromatic N) is 2. The smallest absolute Gasteiger partial charge is 0.280 e. The van der Waals surface area contributed by atoms with Gasteiger partial charge >= 0.3 is 0 Å². The highest BCUT2D eigenvalue weighted by molar-refractivity contribution is 7.20. The third kappa shape index (κ3) is 6.90. The number of carbonyl (C=O) groups excluding carboxylic acids is 1. The molecule has 0 saturated carbocycles. The van der Waals surface area contributed by atoms with Crippen LogP contribution < -0.4 is 16.2 Å². The largest absolute Gasteiger partial charge is 0.493 e. The Balaban J connectivity index is 0.00000225. The molecule has 1 saturated heterocycles. The van der Waals surface area contributed by atoms with Gasteiger partial charge in [0, 0.05) is 17.2 Å². The molecule has 0 radical (unpaired) electrons. The van der Waals surface area contributed by atoms with E-state index in [0.717, 1.165) is 24.1 Å². The fourth-order valence-electron chi connectivity index (χ4n) is 3.34. The zero-order valence-corrected chi connectivity index (χ0v) is 20.2. The molecule has 6 nitrogen and oxygen atoms in total. The molecule has 1 unspecified atom stereocenters. The van der Waals surface area contributed by atoms with Gasteiger partial charge in [-0.25, -0.2) is 0 Å². The van der Waals surface area contributed by atoms with Gasteiger partial charge in [0.25, 0.3) is 5.91 Å². The van der Waals surface area contributed by atoms with Gasteiger partial charge in [0.15, 0.2) is 5.96 Å². The standard InChI is InChI=1S/C19H22Cl2N4O2S.2ClH/c1-25-5-2-3-13(25)4-6-27-14-8-11(15-10-16(20)28-17(15)21)7-12(9-14)18(26)24-19(22)23;;/h7-10,13H,2-6H2,1H3,(H4,22,23,24,26);2*1H. The fourth-order valence-corrected chi connectivity index (χ4v) is 4.84. The van der Waals surface area contributed by atoms with Gasteiger partial charge in [0.2, 0.25) is 0 Å². The molecule has 30 heavy (non-hydrogen) atoms. The van der Waals surface area contributed by atoms with Crippen LogP contribution in [-0.4, -0.2) is 43.0 Å². The molecule has 1 aliphatic heterocycles. The Kier molecular flexibility index (Phi) is 10.7. The minimum atomic E-state index is -0.542. The number of rotatable bonds is 6. The summed E-state index contributed by atoms with van der Waals surface area (Å²) >= 11 is 13.6. The van der Waals surface area contributed by atoms with Crippen molar-refractivity contribution in [3.63, 3.8) is 0 Å². The lowest BCUT2D eigenvalue weighted by Crippen LogP contribution is -2.26. The highest BCUT2D eigenvalue weighted by atomic mass is 35.5. The van der Waals surface area contributed by atoms with E-state index < -0.39 is 5.91 Å². The van der Waals surface area contributed by atoms with E-state index in [-0.39, 0.29) is 30.8 Å². The van der Waals surface area contributed by atoms with Gasteiger partial charge in [0.1, 0.15) is 10.1 Å². The number of likely N-dealkylation sites (tertiary alicyclic amines) is 1. The number of ether oxygens (including phenoxy) is 1. The number of hydrogen-bond acceptors (Lipinski definition) is 4. The number of hydrogen-bond donors (Lipinski definition) is 2. The highest BCUT2D eigenvalue weighted by Gasteiger charge is 2.20. The fraction of sp³-hybridized carbons (Fsp3) is 0.368. The van der Waals surface area contributed by atoms with Crippen molar-refractivity contribution in [1.82, 2.24) is 4.90 Å². The number of halogens is 4. The number of nitrogens with two attached hydrogens (primary N) is 2. The Morgan fingerprint density at radius 1 is 1.27 bits per heavy atom. The molecule has 3 rings (SSSR count). The summed E-state index contributed by atoms with van der Waals surface area (Å²) in [5, 5.41) is 0. The molecule has 0 aliphatic carbocycles. The van der Waals surface area contributed by atoms with Crippen LogP contribution in [0.15, 0.2) is 29.3 Å². The lowest BCUT2D eigenvalue weighted by atomic mass is 10.0. The Morgan fingerprint density at radius 2 is 2.00 bits per heavy atom. The van der Waals surface area contributed by atoms with Crippen LogP contribution >= 0.6 is 59.4 Å². The number of amides is 1. The third-order valence-corrected chi connectivity index (χ3v) is 6.23. The van der Waals surface area contributed by atoms with Crippen LogP contribution in [0.3, 0.4) is 0 Å². The summed E-state index contributed by atoms with van der Waals surface area (Å²) in [4.78, 5) is 18.3. The van der Waals surface area contributed by atoms with Crippen molar-refractivity contribution in [1.29, 1.82) is 0 Å². The zero-order valence-electron chi connectivity index (χ0n) is 16.3. The normalized spacial score (nSPS) is 15.8. The van der Waals surface area contributed by atoms with Crippen LogP contribution in [0.25, 0.3) is 11.1 Å². The van der Waals surface area contributed by atoms with Gasteiger partial charge in [-0.1, -0.05) is 23.2 Å². The van der Waals surface area contributed by atoms with Crippen LogP contribution in [0.2, 0.25) is 8.67 Å². The van der Waals surface area contributed by atoms with E-state index in [4.69, 9.17) is 39.4 Å². The Hall–Kier alpha value is -1.22. The summed E-state index contributed by atoms with van der Waals surface area (Å²) < 4.78 is 7.06. The predicted molar refractivity (Wildman–Crippen MR) is 130 cm³/mol. The lowest BCUT2D eigenvalue weighted by Gasteiger charge is -2.19. The van der Waals surface area contributed by atoms with Crippen molar-refractivity contribution in [2.45, 2.75) is 25.3 Å². The summed E-state index contributed by atoms with van der Waals surface area (Å²) in [5.74, 6) is -0.274. The van der Waals surface area contributed by atoms with E-state index in [2.05, 4.69) is 16.9 Å². The average Bonchev–Trinajstić information content (AvgIpc) is 3.19. The van der Waals surface area contributed by atoms with Gasteiger partial charge < -0.3 is 21.1 Å². The SMILES string of the molecule is CN1CCCC1CCOc1cc(C(=O)N=C(N)N)cc(-c2cc(Cl)sc2Cl)c1.Cl.Cl. The Bertz CT molecular complexity index is 903. The molecule has 1 aromatic carbocycles. The summed E-state index contributed by atoms with van der Waals surface area (Å²) in [5.41, 5.74) is 12.5. The zero-order chi connectivity index (χ0) is 20.3. The number of aliphatic imine (C=N–C) groups is 1. The van der Waals surface area contributed by atoms with Crippen molar-refractivity contribution in [3.05, 3.63) is 38.5 Å². The van der Waals surface area contributed by atoms with E-state index in [1.165, 1.54) is 24.2 Å². The first kappa shape index (κ1) is 26.8. The summed E-state index contributed by atoms with van der Waals surface area (Å²) in [6, 6.07) is 7.44. The number of guanidine groups is 1. The first-order valence-electron chi connectivity index (χ1n) is 8.91. The minimum Gasteiger partial charge on any atom is -0.493 e. The molecule has 2 heterocycles. The van der Waals surface area contributed by atoms with Crippen LogP contribution in [0, 0.1) is 0 Å². The van der Waals surface area contributed by atoms with Crippen molar-refractivity contribution in [3.8, 4) is 16.9 Å². The second-order valence-corrected chi connectivity index (χ2v) is 9.03. The van der Waals surface area contributed by atoms with Gasteiger partial charge in [0.05, 0.1) is 10.9 Å². The highest BCUT2D eigenvalue weighted by Crippen LogP contribution is 2.39. The van der Waals surface area contributed by atoms with Gasteiger partial charge in [-0.2, -0.15) is 4.99 Å². The van der Waals surface area contributed by atoms with Crippen LogP contribution in [0.5, 0.6) is 5.75 Å². The van der Waals surface area contributed by atoms with E-state index in [1.807, 2.05) is 6.07 Å². The molecule has 1 amide bonds. The lowest BCUT2D eigenvalue weighted by molar-refractivity contribution is 0.100. The average molecular weight is 514 g/mol. The van der Waals surface area contributed by atoms with Crippen molar-refractivity contribution in [2.24, 2.45) is 16.5 Å². The molecular weight excluding hydrogens is 490 g/mol. The van der Waals surface area contributed by atoms with Crippen molar-refractivity contribution in [2.75, 3.05) is 20.2 Å². The number of benzene rings is 1. The maximum Gasteiger partial charge on any atom is 0.280 e. The van der Waals surface area contributed by atoms with Crippen LogP contribution in [0.1, 0.15) is 29.6 Å². The molecule has 166 valence electrons. The summed E-state index contributed by atoms with van der Waals surface area (Å²) in [6.45, 7) is 1.67. The molecular formula is C19H24Cl4N4O2S. The van der Waals surface area contributed by atoms with E-state index in [0.29, 0.717) is 32.6 Å². The Morgan fingerprint density at radius 3 is 2.57 bits per heavy atom. The molecule has 0 spiro atoms. The number of thiophene rings is 1. The van der Waals surface area contributed by atoms with Gasteiger partial charge in [-0.15, -0.1) is 36.2 Å². The Labute approximate surface area is 202 Å². The molecule has 11 heteroatoms. The first-order valence-corrected chi connectivity index (χ1v) is 10.5. The van der Waals surface area contributed by atoms with Crippen LogP contribution in [0.4, 0.5) is 0 Å². The van der Waals surface area contributed by atoms with Gasteiger partial charge in [-0.05, 0) is 62.7 Å². The molecule has 4 N–H and O–H groups in total. The third-order valence-electron chi connectivity index (χ3n) is 4.74. The van der Waals surface area contributed by atoms with Crippen LogP contribution in [-0.2, 0) is 0 Å². The van der Waals surface area contributed by atoms with E-state index in [1.54, 1.807) is 18.2 Å². The monoisotopic (exact) mass is 512 g/mol. The summed E-state index contributed by atoms with van der Waals surface area (Å²) in [7, 11) is 2.13. The predicted octanol–water partition coefficient (Wildman–Crippen LogP) is 4.84. The molecule has 1 aliphatic rings. The molecule has 1 aromatic heterocycles. The maximum atomic E-state index is 12.3. The summed E-state index contributed by atoms with van der Waals surface area (Å²) in [6.07, 6.45) is 3.31. The van der Waals surface area contributed by atoms with Gasteiger partial charge in [-0.3, -0.25) is 4.79 Å². The van der Waals surface area contributed by atoms with E-state index >= 15 is 0 Å². The molecule has 1 fully saturated rings. The van der Waals surface area contributed by atoms with Crippen molar-refractivity contribution < 1.29 is 9.53 Å². The minimum absolute atomic E-state index is 0. The molecule has 0 bridgehead atoms. The molecule has 2 aromatic rings. The second kappa shape index (κ2) is 12.0. The van der Waals surface area contributed by atoms with Crippen molar-refractivity contribution >= 4 is 71.2 Å². The molecule has 1 atom stereocenters. The quantitative estimate of drug-likeness (QED) is 0.425. The number of carbonyl (C=O) groups is 1. The maximum absolute atomic E-state index is 12.3. The first-order chi connectivity index (χ1) is 13.3. The second-order valence-electron chi connectivity index (χ2n) is 6.74. The topological polar surface area (TPSA) is 93.9 Å².